The summed E-state index contributed by atoms with van der Waals surface area (Å²) in [4.78, 5) is 20.0. The van der Waals surface area contributed by atoms with Gasteiger partial charge >= 0.3 is 0 Å². The standard InChI is InChI=1S/C22H20BrN3O3S/c1-3-11-26-21(27)20(14-15-13-16(23)4-9-19(15)29-12-10-24)30-22(26)25-17-5-7-18(28-2)8-6-17/h4-9,13-14H,3,11-12H2,1-2H3/b20-14+,25-22?. The van der Waals surface area contributed by atoms with Crippen molar-refractivity contribution in [1.82, 2.24) is 4.90 Å². The van der Waals surface area contributed by atoms with Crippen molar-refractivity contribution >= 4 is 50.5 Å². The van der Waals surface area contributed by atoms with E-state index in [9.17, 15) is 4.79 Å². The van der Waals surface area contributed by atoms with Crippen LogP contribution in [0.25, 0.3) is 6.08 Å². The molecule has 1 fully saturated rings. The Kier molecular flexibility index (Phi) is 7.55. The van der Waals surface area contributed by atoms with Crippen LogP contribution in [0.15, 0.2) is 56.8 Å². The van der Waals surface area contributed by atoms with Gasteiger partial charge in [-0.05, 0) is 66.7 Å². The van der Waals surface area contributed by atoms with Crippen LogP contribution in [0.5, 0.6) is 11.5 Å². The molecule has 1 amide bonds. The number of amides is 1. The number of hydrogen-bond acceptors (Lipinski definition) is 6. The molecule has 0 bridgehead atoms. The largest absolute Gasteiger partial charge is 0.497 e. The van der Waals surface area contributed by atoms with E-state index in [1.807, 2.05) is 49.4 Å². The van der Waals surface area contributed by atoms with Crippen LogP contribution in [0, 0.1) is 11.3 Å². The first kappa shape index (κ1) is 21.9. The molecule has 0 saturated carbocycles. The Bertz CT molecular complexity index is 1030. The third kappa shape index (κ3) is 5.23. The van der Waals surface area contributed by atoms with E-state index in [-0.39, 0.29) is 12.5 Å². The molecule has 1 heterocycles. The fraction of sp³-hybridized carbons (Fsp3) is 0.227. The number of benzene rings is 2. The van der Waals surface area contributed by atoms with E-state index < -0.39 is 0 Å². The van der Waals surface area contributed by atoms with Crippen LogP contribution >= 0.6 is 27.7 Å². The lowest BCUT2D eigenvalue weighted by Crippen LogP contribution is -2.29. The molecule has 0 spiro atoms. The van der Waals surface area contributed by atoms with Crippen molar-refractivity contribution in [3.63, 3.8) is 0 Å². The van der Waals surface area contributed by atoms with E-state index in [0.717, 1.165) is 27.9 Å². The summed E-state index contributed by atoms with van der Waals surface area (Å²) in [6, 6.07) is 14.8. The molecule has 1 saturated heterocycles. The molecule has 0 aliphatic carbocycles. The van der Waals surface area contributed by atoms with Crippen LogP contribution in [-0.2, 0) is 4.79 Å². The lowest BCUT2D eigenvalue weighted by molar-refractivity contribution is -0.122. The minimum absolute atomic E-state index is 0.0645. The summed E-state index contributed by atoms with van der Waals surface area (Å²) in [5.41, 5.74) is 1.46. The number of nitriles is 1. The van der Waals surface area contributed by atoms with Gasteiger partial charge in [0.1, 0.15) is 17.6 Å². The maximum atomic E-state index is 13.0. The summed E-state index contributed by atoms with van der Waals surface area (Å²) in [5.74, 6) is 1.20. The average molecular weight is 486 g/mol. The number of nitrogens with zero attached hydrogens (tertiary/aromatic N) is 3. The SMILES string of the molecule is CCCN1C(=O)/C(=C\c2cc(Br)ccc2OCC#N)SC1=Nc1ccc(OC)cc1. The Morgan fingerprint density at radius 1 is 1.27 bits per heavy atom. The number of amidine groups is 1. The average Bonchev–Trinajstić information content (AvgIpc) is 3.03. The lowest BCUT2D eigenvalue weighted by atomic mass is 10.2. The van der Waals surface area contributed by atoms with Crippen molar-refractivity contribution < 1.29 is 14.3 Å². The number of thioether (sulfide) groups is 1. The highest BCUT2D eigenvalue weighted by atomic mass is 79.9. The predicted octanol–water partition coefficient (Wildman–Crippen LogP) is 5.37. The van der Waals surface area contributed by atoms with Crippen LogP contribution in [-0.4, -0.2) is 36.2 Å². The third-order valence-corrected chi connectivity index (χ3v) is 5.68. The molecule has 0 radical (unpaired) electrons. The highest BCUT2D eigenvalue weighted by Crippen LogP contribution is 2.36. The summed E-state index contributed by atoms with van der Waals surface area (Å²) in [5, 5.41) is 9.44. The van der Waals surface area contributed by atoms with Gasteiger partial charge in [-0.15, -0.1) is 0 Å². The zero-order valence-electron chi connectivity index (χ0n) is 16.6. The van der Waals surface area contributed by atoms with Crippen LogP contribution in [0.2, 0.25) is 0 Å². The van der Waals surface area contributed by atoms with Crippen molar-refractivity contribution in [2.45, 2.75) is 13.3 Å². The fourth-order valence-electron chi connectivity index (χ4n) is 2.79. The Morgan fingerprint density at radius 3 is 2.70 bits per heavy atom. The van der Waals surface area contributed by atoms with E-state index in [1.165, 1.54) is 11.8 Å². The molecule has 30 heavy (non-hydrogen) atoms. The molecule has 2 aromatic rings. The van der Waals surface area contributed by atoms with Crippen molar-refractivity contribution in [3.8, 4) is 17.6 Å². The molecule has 1 aliphatic heterocycles. The van der Waals surface area contributed by atoms with Gasteiger partial charge in [-0.3, -0.25) is 9.69 Å². The van der Waals surface area contributed by atoms with Gasteiger partial charge in [-0.1, -0.05) is 22.9 Å². The van der Waals surface area contributed by atoms with E-state index in [2.05, 4.69) is 20.9 Å². The molecule has 0 aromatic heterocycles. The minimum Gasteiger partial charge on any atom is -0.497 e. The van der Waals surface area contributed by atoms with Gasteiger partial charge in [0.05, 0.1) is 17.7 Å². The number of methoxy groups -OCH3 is 1. The second-order valence-electron chi connectivity index (χ2n) is 6.29. The molecule has 8 heteroatoms. The summed E-state index contributed by atoms with van der Waals surface area (Å²) in [6.07, 6.45) is 2.60. The zero-order chi connectivity index (χ0) is 21.5. The molecule has 6 nitrogen and oxygen atoms in total. The molecule has 0 unspecified atom stereocenters. The summed E-state index contributed by atoms with van der Waals surface area (Å²) < 4.78 is 11.5. The van der Waals surface area contributed by atoms with Crippen LogP contribution in [0.4, 0.5) is 5.69 Å². The first-order valence-corrected chi connectivity index (χ1v) is 10.9. The number of hydrogen-bond donors (Lipinski definition) is 0. The molecule has 1 aliphatic rings. The van der Waals surface area contributed by atoms with Gasteiger partial charge in [0.2, 0.25) is 0 Å². The van der Waals surface area contributed by atoms with Crippen molar-refractivity contribution in [2.24, 2.45) is 4.99 Å². The van der Waals surface area contributed by atoms with Crippen molar-refractivity contribution in [3.05, 3.63) is 57.4 Å². The molecular formula is C22H20BrN3O3S. The van der Waals surface area contributed by atoms with E-state index >= 15 is 0 Å². The summed E-state index contributed by atoms with van der Waals surface area (Å²) >= 11 is 4.77. The van der Waals surface area contributed by atoms with Gasteiger partial charge in [0.25, 0.3) is 5.91 Å². The lowest BCUT2D eigenvalue weighted by Gasteiger charge is -2.14. The van der Waals surface area contributed by atoms with E-state index in [1.54, 1.807) is 24.2 Å². The predicted molar refractivity (Wildman–Crippen MR) is 123 cm³/mol. The number of carbonyl (C=O) groups excluding carboxylic acids is 1. The minimum atomic E-state index is -0.0969. The number of aliphatic imine (C=N–C) groups is 1. The maximum absolute atomic E-state index is 13.0. The second kappa shape index (κ2) is 10.3. The highest BCUT2D eigenvalue weighted by molar-refractivity contribution is 9.10. The first-order valence-electron chi connectivity index (χ1n) is 9.29. The Morgan fingerprint density at radius 2 is 2.03 bits per heavy atom. The quantitative estimate of drug-likeness (QED) is 0.492. The molecule has 154 valence electrons. The Hall–Kier alpha value is -2.76. The Balaban J connectivity index is 1.95. The van der Waals surface area contributed by atoms with Crippen molar-refractivity contribution in [2.75, 3.05) is 20.3 Å². The molecular weight excluding hydrogens is 466 g/mol. The van der Waals surface area contributed by atoms with E-state index in [0.29, 0.717) is 22.4 Å². The van der Waals surface area contributed by atoms with Gasteiger partial charge in [-0.25, -0.2) is 4.99 Å². The molecule has 0 N–H and O–H groups in total. The van der Waals surface area contributed by atoms with Crippen LogP contribution in [0.3, 0.4) is 0 Å². The van der Waals surface area contributed by atoms with E-state index in [4.69, 9.17) is 14.7 Å². The molecule has 3 rings (SSSR count). The normalized spacial score (nSPS) is 16.2. The number of carbonyl (C=O) groups is 1. The third-order valence-electron chi connectivity index (χ3n) is 4.18. The number of halogens is 1. The summed E-state index contributed by atoms with van der Waals surface area (Å²) in [6.45, 7) is 2.53. The van der Waals surface area contributed by atoms with Gasteiger partial charge in [-0.2, -0.15) is 5.26 Å². The Labute approximate surface area is 188 Å². The van der Waals surface area contributed by atoms with Crippen LogP contribution in [0.1, 0.15) is 18.9 Å². The van der Waals surface area contributed by atoms with Gasteiger partial charge in [0.15, 0.2) is 11.8 Å². The monoisotopic (exact) mass is 485 g/mol. The first-order chi connectivity index (χ1) is 14.5. The fourth-order valence-corrected chi connectivity index (χ4v) is 4.19. The zero-order valence-corrected chi connectivity index (χ0v) is 19.0. The van der Waals surface area contributed by atoms with Crippen molar-refractivity contribution in [1.29, 1.82) is 5.26 Å². The topological polar surface area (TPSA) is 74.9 Å². The smallest absolute Gasteiger partial charge is 0.266 e. The van der Waals surface area contributed by atoms with Crippen LogP contribution < -0.4 is 9.47 Å². The van der Waals surface area contributed by atoms with Gasteiger partial charge in [0, 0.05) is 16.6 Å². The van der Waals surface area contributed by atoms with Gasteiger partial charge < -0.3 is 9.47 Å². The number of rotatable bonds is 7. The number of ether oxygens (including phenoxy) is 2. The second-order valence-corrected chi connectivity index (χ2v) is 8.21. The highest BCUT2D eigenvalue weighted by Gasteiger charge is 2.33. The molecule has 2 aromatic carbocycles. The summed E-state index contributed by atoms with van der Waals surface area (Å²) in [7, 11) is 1.61. The molecule has 0 atom stereocenters. The maximum Gasteiger partial charge on any atom is 0.266 e.